The fourth-order valence-corrected chi connectivity index (χ4v) is 3.50. The van der Waals surface area contributed by atoms with Crippen LogP contribution in [0.15, 0.2) is 42.5 Å². The third-order valence-corrected chi connectivity index (χ3v) is 5.39. The van der Waals surface area contributed by atoms with Crippen molar-refractivity contribution in [2.45, 2.75) is 12.7 Å². The molecule has 0 aliphatic carbocycles. The van der Waals surface area contributed by atoms with Gasteiger partial charge in [-0.05, 0) is 16.3 Å². The summed E-state index contributed by atoms with van der Waals surface area (Å²) in [6.45, 7) is 1.45. The highest BCUT2D eigenvalue weighted by Gasteiger charge is 2.23. The second-order valence-corrected chi connectivity index (χ2v) is 7.53. The highest BCUT2D eigenvalue weighted by atomic mass is 32.2. The molecule has 1 N–H and O–H groups in total. The maximum atomic E-state index is 12.3. The number of fused-ring (bicyclic) bond motifs is 1. The second-order valence-electron chi connectivity index (χ2n) is 5.46. The summed E-state index contributed by atoms with van der Waals surface area (Å²) in [5.41, 5.74) is 0.688. The summed E-state index contributed by atoms with van der Waals surface area (Å²) in [5.74, 6) is -1.88. The Balaban J connectivity index is 2.17. The number of nitrogens with zero attached hydrogens (tertiary/aromatic N) is 1. The van der Waals surface area contributed by atoms with Gasteiger partial charge in [-0.15, -0.1) is 0 Å². The first kappa shape index (κ1) is 16.5. The van der Waals surface area contributed by atoms with Gasteiger partial charge in [0, 0.05) is 13.6 Å². The van der Waals surface area contributed by atoms with Crippen molar-refractivity contribution in [2.24, 2.45) is 5.92 Å². The molecule has 0 saturated carbocycles. The van der Waals surface area contributed by atoms with Gasteiger partial charge in [-0.3, -0.25) is 4.79 Å². The van der Waals surface area contributed by atoms with Crippen LogP contribution in [0.25, 0.3) is 10.8 Å². The Labute approximate surface area is 130 Å². The van der Waals surface area contributed by atoms with Gasteiger partial charge >= 0.3 is 5.97 Å². The molecule has 1 unspecified atom stereocenters. The van der Waals surface area contributed by atoms with Crippen molar-refractivity contribution in [2.75, 3.05) is 13.6 Å². The monoisotopic (exact) mass is 321 g/mol. The van der Waals surface area contributed by atoms with Crippen LogP contribution in [0.4, 0.5) is 0 Å². The zero-order valence-electron chi connectivity index (χ0n) is 12.6. The van der Waals surface area contributed by atoms with E-state index in [0.29, 0.717) is 5.56 Å². The summed E-state index contributed by atoms with van der Waals surface area (Å²) in [7, 11) is -2.13. The fourth-order valence-electron chi connectivity index (χ4n) is 2.23. The predicted molar refractivity (Wildman–Crippen MR) is 86.0 cm³/mol. The van der Waals surface area contributed by atoms with Gasteiger partial charge in [-0.25, -0.2) is 12.7 Å². The van der Waals surface area contributed by atoms with Gasteiger partial charge < -0.3 is 5.11 Å². The Bertz CT molecular complexity index is 786. The van der Waals surface area contributed by atoms with Crippen molar-refractivity contribution in [1.82, 2.24) is 4.31 Å². The molecular weight excluding hydrogens is 302 g/mol. The molecule has 0 amide bonds. The SMILES string of the molecule is CC(CN(C)S(=O)(=O)Cc1ccc2ccccc2c1)C(=O)O. The Kier molecular flexibility index (Phi) is 4.83. The molecule has 5 nitrogen and oxygen atoms in total. The molecule has 6 heteroatoms. The van der Waals surface area contributed by atoms with E-state index >= 15 is 0 Å². The number of benzene rings is 2. The summed E-state index contributed by atoms with van der Waals surface area (Å²) < 4.78 is 25.8. The molecule has 0 aliphatic rings. The number of hydrogen-bond donors (Lipinski definition) is 1. The number of sulfonamides is 1. The maximum absolute atomic E-state index is 12.3. The zero-order valence-corrected chi connectivity index (χ0v) is 13.4. The van der Waals surface area contributed by atoms with Gasteiger partial charge in [0.25, 0.3) is 0 Å². The largest absolute Gasteiger partial charge is 0.481 e. The fraction of sp³-hybridized carbons (Fsp3) is 0.312. The topological polar surface area (TPSA) is 74.7 Å². The van der Waals surface area contributed by atoms with Gasteiger partial charge in [0.2, 0.25) is 10.0 Å². The lowest BCUT2D eigenvalue weighted by Crippen LogP contribution is -2.34. The lowest BCUT2D eigenvalue weighted by molar-refractivity contribution is -0.141. The molecule has 0 radical (unpaired) electrons. The number of hydrogen-bond acceptors (Lipinski definition) is 3. The Morgan fingerprint density at radius 2 is 1.82 bits per heavy atom. The van der Waals surface area contributed by atoms with Gasteiger partial charge in [0.15, 0.2) is 0 Å². The molecule has 0 heterocycles. The molecule has 22 heavy (non-hydrogen) atoms. The van der Waals surface area contributed by atoms with E-state index in [9.17, 15) is 13.2 Å². The van der Waals surface area contributed by atoms with Crippen molar-refractivity contribution in [3.63, 3.8) is 0 Å². The van der Waals surface area contributed by atoms with E-state index in [4.69, 9.17) is 5.11 Å². The van der Waals surface area contributed by atoms with Crippen molar-refractivity contribution < 1.29 is 18.3 Å². The minimum absolute atomic E-state index is 0.0365. The number of aliphatic carboxylic acids is 1. The molecule has 2 aromatic rings. The molecule has 2 aromatic carbocycles. The van der Waals surface area contributed by atoms with Crippen LogP contribution in [0, 0.1) is 5.92 Å². The lowest BCUT2D eigenvalue weighted by Gasteiger charge is -2.19. The molecule has 0 bridgehead atoms. The quantitative estimate of drug-likeness (QED) is 0.886. The van der Waals surface area contributed by atoms with E-state index in [1.807, 2.05) is 36.4 Å². The maximum Gasteiger partial charge on any atom is 0.307 e. The van der Waals surface area contributed by atoms with Crippen LogP contribution in [-0.2, 0) is 20.6 Å². The molecule has 0 aliphatic heterocycles. The molecular formula is C16H19NO4S. The summed E-state index contributed by atoms with van der Waals surface area (Å²) in [4.78, 5) is 10.8. The summed E-state index contributed by atoms with van der Waals surface area (Å²) in [5, 5.41) is 10.9. The highest BCUT2D eigenvalue weighted by Crippen LogP contribution is 2.18. The van der Waals surface area contributed by atoms with Gasteiger partial charge in [0.05, 0.1) is 11.7 Å². The van der Waals surface area contributed by atoms with E-state index in [1.165, 1.54) is 14.0 Å². The average Bonchev–Trinajstić information content (AvgIpc) is 2.46. The highest BCUT2D eigenvalue weighted by molar-refractivity contribution is 7.88. The molecule has 118 valence electrons. The number of rotatable bonds is 6. The standard InChI is InChI=1S/C16H19NO4S/c1-12(16(18)19)10-17(2)22(20,21)11-13-7-8-14-5-3-4-6-15(14)9-13/h3-9,12H,10-11H2,1-2H3,(H,18,19). The van der Waals surface area contributed by atoms with Crippen molar-refractivity contribution in [3.05, 3.63) is 48.0 Å². The molecule has 0 saturated heterocycles. The van der Waals surface area contributed by atoms with Gasteiger partial charge in [-0.2, -0.15) is 0 Å². The van der Waals surface area contributed by atoms with Crippen LogP contribution in [0.5, 0.6) is 0 Å². The van der Waals surface area contributed by atoms with E-state index in [0.717, 1.165) is 15.1 Å². The van der Waals surface area contributed by atoms with Crippen LogP contribution >= 0.6 is 0 Å². The van der Waals surface area contributed by atoms with Crippen molar-refractivity contribution in [3.8, 4) is 0 Å². The number of carboxylic acids is 1. The normalized spacial score (nSPS) is 13.4. The third kappa shape index (κ3) is 3.84. The Morgan fingerprint density at radius 1 is 1.18 bits per heavy atom. The first-order chi connectivity index (χ1) is 10.3. The Hall–Kier alpha value is -1.92. The summed E-state index contributed by atoms with van der Waals surface area (Å²) >= 11 is 0. The Morgan fingerprint density at radius 3 is 2.45 bits per heavy atom. The second kappa shape index (κ2) is 6.46. The average molecular weight is 321 g/mol. The van der Waals surface area contributed by atoms with Crippen LogP contribution in [-0.4, -0.2) is 37.4 Å². The van der Waals surface area contributed by atoms with Gasteiger partial charge in [0.1, 0.15) is 0 Å². The van der Waals surface area contributed by atoms with Crippen LogP contribution in [0.2, 0.25) is 0 Å². The smallest absolute Gasteiger partial charge is 0.307 e. The van der Waals surface area contributed by atoms with Crippen molar-refractivity contribution in [1.29, 1.82) is 0 Å². The molecule has 0 aromatic heterocycles. The molecule has 0 fully saturated rings. The molecule has 1 atom stereocenters. The number of carboxylic acid groups (broad SMARTS) is 1. The summed E-state index contributed by atoms with van der Waals surface area (Å²) in [6, 6.07) is 13.3. The van der Waals surface area contributed by atoms with Crippen LogP contribution in [0.3, 0.4) is 0 Å². The molecule has 2 rings (SSSR count). The van der Waals surface area contributed by atoms with E-state index in [-0.39, 0.29) is 12.3 Å². The zero-order chi connectivity index (χ0) is 16.3. The van der Waals surface area contributed by atoms with Crippen LogP contribution in [0.1, 0.15) is 12.5 Å². The third-order valence-electron chi connectivity index (χ3n) is 3.59. The minimum Gasteiger partial charge on any atom is -0.481 e. The van der Waals surface area contributed by atoms with E-state index in [1.54, 1.807) is 6.07 Å². The summed E-state index contributed by atoms with van der Waals surface area (Å²) in [6.07, 6.45) is 0. The number of carbonyl (C=O) groups is 1. The predicted octanol–water partition coefficient (Wildman–Crippen LogP) is 2.32. The van der Waals surface area contributed by atoms with E-state index < -0.39 is 21.9 Å². The lowest BCUT2D eigenvalue weighted by atomic mass is 10.1. The minimum atomic E-state index is -3.54. The van der Waals surface area contributed by atoms with E-state index in [2.05, 4.69) is 0 Å². The first-order valence-electron chi connectivity index (χ1n) is 6.94. The van der Waals surface area contributed by atoms with Gasteiger partial charge in [-0.1, -0.05) is 49.4 Å². The molecule has 0 spiro atoms. The first-order valence-corrected chi connectivity index (χ1v) is 8.55. The van der Waals surface area contributed by atoms with Crippen molar-refractivity contribution >= 4 is 26.8 Å². The van der Waals surface area contributed by atoms with Crippen LogP contribution < -0.4 is 0 Å².